The highest BCUT2D eigenvalue weighted by Gasteiger charge is 2.30. The van der Waals surface area contributed by atoms with Crippen molar-refractivity contribution in [2.24, 2.45) is 0 Å². The highest BCUT2D eigenvalue weighted by Crippen LogP contribution is 2.39. The summed E-state index contributed by atoms with van der Waals surface area (Å²) in [4.78, 5) is 4.39. The molecule has 1 aliphatic rings. The first-order valence-electron chi connectivity index (χ1n) is 12.0. The number of aliphatic hydroxyl groups is 1. The summed E-state index contributed by atoms with van der Waals surface area (Å²) in [5.41, 5.74) is 7.50. The number of anilines is 1. The molecule has 5 nitrogen and oxygen atoms in total. The Morgan fingerprint density at radius 3 is 2.77 bits per heavy atom. The van der Waals surface area contributed by atoms with Gasteiger partial charge in [-0.1, -0.05) is 60.1 Å². The number of imidazole rings is 1. The zero-order valence-electron chi connectivity index (χ0n) is 19.8. The third-order valence-corrected chi connectivity index (χ3v) is 7.07. The average Bonchev–Trinajstić information content (AvgIpc) is 3.26. The van der Waals surface area contributed by atoms with Crippen molar-refractivity contribution in [2.45, 2.75) is 44.6 Å². The van der Waals surface area contributed by atoms with Crippen molar-refractivity contribution in [2.75, 3.05) is 12.4 Å². The molecule has 6 heteroatoms. The molecule has 35 heavy (non-hydrogen) atoms. The zero-order valence-corrected chi connectivity index (χ0v) is 20.6. The minimum atomic E-state index is -0.503. The van der Waals surface area contributed by atoms with Crippen LogP contribution in [0, 0.1) is 0 Å². The molecule has 2 N–H and O–H groups in total. The SMILES string of the molecule is COCc1ccccc1NCc1ccc([C@H]2[C@@H](O)CCCc3cncn32)c(-c2ccccc2Cl)c1. The van der Waals surface area contributed by atoms with Gasteiger partial charge in [-0.3, -0.25) is 0 Å². The number of para-hydroxylation sites is 1. The summed E-state index contributed by atoms with van der Waals surface area (Å²) in [6.45, 7) is 1.21. The number of hydrogen-bond acceptors (Lipinski definition) is 4. The van der Waals surface area contributed by atoms with E-state index in [2.05, 4.69) is 45.2 Å². The van der Waals surface area contributed by atoms with Gasteiger partial charge in [0.1, 0.15) is 0 Å². The molecule has 0 radical (unpaired) electrons. The Bertz CT molecular complexity index is 1300. The summed E-state index contributed by atoms with van der Waals surface area (Å²) >= 11 is 6.69. The van der Waals surface area contributed by atoms with Crippen LogP contribution in [0.25, 0.3) is 11.1 Å². The predicted molar refractivity (Wildman–Crippen MR) is 141 cm³/mol. The van der Waals surface area contributed by atoms with Crippen LogP contribution in [0.2, 0.25) is 5.02 Å². The molecule has 1 aromatic heterocycles. The number of aryl methyl sites for hydroxylation is 1. The normalized spacial score (nSPS) is 17.6. The lowest BCUT2D eigenvalue weighted by Gasteiger charge is -2.27. The van der Waals surface area contributed by atoms with Gasteiger partial charge in [-0.2, -0.15) is 0 Å². The second kappa shape index (κ2) is 10.6. The van der Waals surface area contributed by atoms with Gasteiger partial charge in [0.15, 0.2) is 0 Å². The Kier molecular flexibility index (Phi) is 7.19. The minimum Gasteiger partial charge on any atom is -0.391 e. The molecule has 180 valence electrons. The largest absolute Gasteiger partial charge is 0.391 e. The molecule has 0 spiro atoms. The van der Waals surface area contributed by atoms with Crippen LogP contribution in [0.3, 0.4) is 0 Å². The quantitative estimate of drug-likeness (QED) is 0.323. The van der Waals surface area contributed by atoms with E-state index in [0.29, 0.717) is 18.2 Å². The number of aromatic nitrogens is 2. The van der Waals surface area contributed by atoms with Crippen LogP contribution >= 0.6 is 11.6 Å². The van der Waals surface area contributed by atoms with E-state index in [9.17, 15) is 5.11 Å². The number of methoxy groups -OCH3 is 1. The highest BCUT2D eigenvalue weighted by atomic mass is 35.5. The first-order chi connectivity index (χ1) is 17.2. The van der Waals surface area contributed by atoms with Gasteiger partial charge in [-0.05, 0) is 54.2 Å². The molecule has 1 aliphatic heterocycles. The fourth-order valence-electron chi connectivity index (χ4n) is 5.02. The maximum absolute atomic E-state index is 11.2. The molecular formula is C29H30ClN3O2. The van der Waals surface area contributed by atoms with Crippen molar-refractivity contribution < 1.29 is 9.84 Å². The molecule has 0 bridgehead atoms. The Morgan fingerprint density at radius 2 is 1.91 bits per heavy atom. The Labute approximate surface area is 211 Å². The summed E-state index contributed by atoms with van der Waals surface area (Å²) in [6, 6.07) is 22.3. The van der Waals surface area contributed by atoms with E-state index in [0.717, 1.165) is 58.5 Å². The van der Waals surface area contributed by atoms with E-state index < -0.39 is 6.10 Å². The molecule has 0 saturated heterocycles. The van der Waals surface area contributed by atoms with Gasteiger partial charge >= 0.3 is 0 Å². The minimum absolute atomic E-state index is 0.217. The first-order valence-corrected chi connectivity index (χ1v) is 12.4. The maximum atomic E-state index is 11.2. The van der Waals surface area contributed by atoms with Crippen LogP contribution in [0.5, 0.6) is 0 Å². The summed E-state index contributed by atoms with van der Waals surface area (Å²) in [7, 11) is 1.71. The van der Waals surface area contributed by atoms with Crippen molar-refractivity contribution in [1.82, 2.24) is 9.55 Å². The lowest BCUT2D eigenvalue weighted by molar-refractivity contribution is 0.124. The molecule has 0 saturated carbocycles. The van der Waals surface area contributed by atoms with Crippen LogP contribution < -0.4 is 5.32 Å². The number of ether oxygens (including phenoxy) is 1. The van der Waals surface area contributed by atoms with E-state index in [1.807, 2.05) is 48.9 Å². The van der Waals surface area contributed by atoms with Crippen molar-refractivity contribution in [3.63, 3.8) is 0 Å². The van der Waals surface area contributed by atoms with Gasteiger partial charge < -0.3 is 19.7 Å². The van der Waals surface area contributed by atoms with E-state index in [4.69, 9.17) is 16.3 Å². The average molecular weight is 488 g/mol. The fourth-order valence-corrected chi connectivity index (χ4v) is 5.26. The molecule has 2 atom stereocenters. The lowest BCUT2D eigenvalue weighted by atomic mass is 9.89. The molecule has 0 amide bonds. The zero-order chi connectivity index (χ0) is 24.2. The van der Waals surface area contributed by atoms with Crippen LogP contribution in [0.1, 0.15) is 41.3 Å². The van der Waals surface area contributed by atoms with E-state index in [-0.39, 0.29) is 6.04 Å². The first kappa shape index (κ1) is 23.6. The number of nitrogens with zero attached hydrogens (tertiary/aromatic N) is 2. The summed E-state index contributed by atoms with van der Waals surface area (Å²) < 4.78 is 7.48. The predicted octanol–water partition coefficient (Wildman–Crippen LogP) is 6.25. The van der Waals surface area contributed by atoms with Crippen LogP contribution in [0.4, 0.5) is 5.69 Å². The topological polar surface area (TPSA) is 59.3 Å². The number of halogens is 1. The number of fused-ring (bicyclic) bond motifs is 1. The van der Waals surface area contributed by atoms with Crippen LogP contribution in [-0.4, -0.2) is 27.9 Å². The Morgan fingerprint density at radius 1 is 1.09 bits per heavy atom. The van der Waals surface area contributed by atoms with Crippen LogP contribution in [-0.2, 0) is 24.3 Å². The van der Waals surface area contributed by atoms with Gasteiger partial charge in [0, 0.05) is 47.4 Å². The Hall–Kier alpha value is -3.12. The van der Waals surface area contributed by atoms with Crippen LogP contribution in [0.15, 0.2) is 79.3 Å². The fraction of sp³-hybridized carbons (Fsp3) is 0.276. The number of hydrogen-bond donors (Lipinski definition) is 2. The molecule has 0 fully saturated rings. The van der Waals surface area contributed by atoms with Crippen molar-refractivity contribution >= 4 is 17.3 Å². The summed E-state index contributed by atoms with van der Waals surface area (Å²) in [5, 5.41) is 15.5. The van der Waals surface area contributed by atoms with Gasteiger partial charge in [0.25, 0.3) is 0 Å². The molecule has 3 aromatic carbocycles. The summed E-state index contributed by atoms with van der Waals surface area (Å²) in [5.74, 6) is 0. The van der Waals surface area contributed by atoms with E-state index in [1.54, 1.807) is 7.11 Å². The number of nitrogens with one attached hydrogen (secondary N) is 1. The number of benzene rings is 3. The summed E-state index contributed by atoms with van der Waals surface area (Å²) in [6.07, 6.45) is 5.85. The molecule has 5 rings (SSSR count). The molecule has 2 heterocycles. The van der Waals surface area contributed by atoms with E-state index in [1.165, 1.54) is 0 Å². The van der Waals surface area contributed by atoms with Gasteiger partial charge in [-0.15, -0.1) is 0 Å². The Balaban J connectivity index is 1.55. The van der Waals surface area contributed by atoms with Crippen molar-refractivity contribution in [3.8, 4) is 11.1 Å². The van der Waals surface area contributed by atoms with Crippen molar-refractivity contribution in [3.05, 3.63) is 107 Å². The molecule has 4 aromatic rings. The monoisotopic (exact) mass is 487 g/mol. The van der Waals surface area contributed by atoms with Gasteiger partial charge in [0.2, 0.25) is 0 Å². The molecule has 0 unspecified atom stereocenters. The highest BCUT2D eigenvalue weighted by molar-refractivity contribution is 6.33. The molecule has 0 aliphatic carbocycles. The van der Waals surface area contributed by atoms with Gasteiger partial charge in [0.05, 0.1) is 25.1 Å². The second-order valence-corrected chi connectivity index (χ2v) is 9.45. The maximum Gasteiger partial charge on any atom is 0.0954 e. The van der Waals surface area contributed by atoms with Crippen molar-refractivity contribution in [1.29, 1.82) is 0 Å². The van der Waals surface area contributed by atoms with E-state index >= 15 is 0 Å². The smallest absolute Gasteiger partial charge is 0.0954 e. The molecular weight excluding hydrogens is 458 g/mol. The second-order valence-electron chi connectivity index (χ2n) is 9.04. The number of rotatable bonds is 7. The third-order valence-electron chi connectivity index (χ3n) is 6.74. The van der Waals surface area contributed by atoms with Gasteiger partial charge in [-0.25, -0.2) is 4.98 Å². The standard InChI is InChI=1S/C29H30ClN3O2/c1-35-18-21-7-2-5-11-27(21)32-16-20-13-14-24(25(15-20)23-9-3-4-10-26(23)30)29-28(34)12-6-8-22-17-31-19-33(22)29/h2-5,7,9-11,13-15,17,19,28-29,32,34H,6,8,12,16,18H2,1H3/t28-,29-/m0/s1. The number of aliphatic hydroxyl groups excluding tert-OH is 1. The third kappa shape index (κ3) is 4.98. The lowest BCUT2D eigenvalue weighted by Crippen LogP contribution is -2.25.